The van der Waals surface area contributed by atoms with Crippen molar-refractivity contribution in [2.24, 2.45) is 5.92 Å². The molecule has 0 radical (unpaired) electrons. The maximum atomic E-state index is 11.8. The summed E-state index contributed by atoms with van der Waals surface area (Å²) in [4.78, 5) is 11.8. The van der Waals surface area contributed by atoms with Crippen molar-refractivity contribution in [3.8, 4) is 0 Å². The van der Waals surface area contributed by atoms with Gasteiger partial charge in [-0.05, 0) is 30.4 Å². The van der Waals surface area contributed by atoms with E-state index in [1.807, 2.05) is 19.1 Å². The Morgan fingerprint density at radius 3 is 2.35 bits per heavy atom. The summed E-state index contributed by atoms with van der Waals surface area (Å²) in [5.41, 5.74) is 2.31. The zero-order valence-electron chi connectivity index (χ0n) is 12.4. The van der Waals surface area contributed by atoms with E-state index >= 15 is 0 Å². The van der Waals surface area contributed by atoms with Crippen LogP contribution in [0.3, 0.4) is 0 Å². The van der Waals surface area contributed by atoms with Crippen LogP contribution in [0, 0.1) is 5.92 Å². The summed E-state index contributed by atoms with van der Waals surface area (Å²) >= 11 is 7.35. The number of rotatable bonds is 8. The van der Waals surface area contributed by atoms with Crippen molar-refractivity contribution in [3.63, 3.8) is 0 Å². The summed E-state index contributed by atoms with van der Waals surface area (Å²) in [6, 6.07) is 8.16. The van der Waals surface area contributed by atoms with E-state index in [0.29, 0.717) is 18.4 Å². The van der Waals surface area contributed by atoms with Crippen LogP contribution >= 0.6 is 23.4 Å². The van der Waals surface area contributed by atoms with E-state index in [1.54, 1.807) is 11.8 Å². The molecule has 1 aromatic rings. The molecule has 1 unspecified atom stereocenters. The van der Waals surface area contributed by atoms with E-state index in [4.69, 9.17) is 16.3 Å². The third-order valence-corrected chi connectivity index (χ3v) is 4.45. The first-order valence-electron chi connectivity index (χ1n) is 6.95. The molecule has 0 heterocycles. The van der Waals surface area contributed by atoms with Gasteiger partial charge in [-0.15, -0.1) is 23.4 Å². The normalized spacial score (nSPS) is 12.4. The van der Waals surface area contributed by atoms with E-state index in [-0.39, 0.29) is 11.2 Å². The van der Waals surface area contributed by atoms with Crippen LogP contribution in [0.4, 0.5) is 0 Å². The van der Waals surface area contributed by atoms with Gasteiger partial charge in [0.25, 0.3) is 0 Å². The molecule has 0 aliphatic rings. The molecule has 0 aliphatic carbocycles. The zero-order chi connectivity index (χ0) is 15.0. The maximum absolute atomic E-state index is 11.8. The van der Waals surface area contributed by atoms with Gasteiger partial charge in [-0.1, -0.05) is 38.1 Å². The summed E-state index contributed by atoms with van der Waals surface area (Å²) in [6.45, 7) is 6.66. The van der Waals surface area contributed by atoms with Gasteiger partial charge >= 0.3 is 5.97 Å². The molecule has 4 heteroatoms. The molecular weight excluding hydrogens is 292 g/mol. The van der Waals surface area contributed by atoms with Gasteiger partial charge in [0.05, 0.1) is 11.9 Å². The molecule has 0 N–H and O–H groups in total. The van der Waals surface area contributed by atoms with Crippen molar-refractivity contribution in [3.05, 3.63) is 35.4 Å². The van der Waals surface area contributed by atoms with Gasteiger partial charge < -0.3 is 4.74 Å². The van der Waals surface area contributed by atoms with Gasteiger partial charge in [0, 0.05) is 11.6 Å². The number of halogens is 1. The van der Waals surface area contributed by atoms with Crippen molar-refractivity contribution in [2.75, 3.05) is 6.61 Å². The predicted octanol–water partition coefficient (Wildman–Crippen LogP) is 4.64. The Bertz CT molecular complexity index is 403. The molecule has 1 rings (SSSR count). The van der Waals surface area contributed by atoms with E-state index in [1.165, 1.54) is 5.56 Å². The Morgan fingerprint density at radius 1 is 1.20 bits per heavy atom. The molecule has 1 aromatic carbocycles. The van der Waals surface area contributed by atoms with Gasteiger partial charge in [-0.25, -0.2) is 0 Å². The molecule has 0 aromatic heterocycles. The van der Waals surface area contributed by atoms with Crippen molar-refractivity contribution in [1.82, 2.24) is 0 Å². The fourth-order valence-corrected chi connectivity index (χ4v) is 2.54. The fraction of sp³-hybridized carbons (Fsp3) is 0.562. The minimum absolute atomic E-state index is 0.118. The van der Waals surface area contributed by atoms with Gasteiger partial charge in [0.15, 0.2) is 0 Å². The lowest BCUT2D eigenvalue weighted by atomic mass is 10.1. The van der Waals surface area contributed by atoms with Crippen LogP contribution in [0.25, 0.3) is 0 Å². The number of alkyl halides is 1. The summed E-state index contributed by atoms with van der Waals surface area (Å²) in [7, 11) is 0. The average molecular weight is 315 g/mol. The van der Waals surface area contributed by atoms with E-state index in [0.717, 1.165) is 17.7 Å². The molecule has 0 spiro atoms. The van der Waals surface area contributed by atoms with Crippen LogP contribution in [0.2, 0.25) is 0 Å². The third-order valence-electron chi connectivity index (χ3n) is 2.95. The second-order valence-corrected chi connectivity index (χ2v) is 6.85. The van der Waals surface area contributed by atoms with Crippen molar-refractivity contribution in [2.45, 2.75) is 44.1 Å². The van der Waals surface area contributed by atoms with Crippen molar-refractivity contribution >= 4 is 29.3 Å². The molecule has 2 nitrogen and oxygen atoms in total. The molecule has 0 aliphatic heterocycles. The van der Waals surface area contributed by atoms with Crippen LogP contribution < -0.4 is 0 Å². The van der Waals surface area contributed by atoms with Crippen molar-refractivity contribution in [1.29, 1.82) is 0 Å². The molecule has 112 valence electrons. The number of benzene rings is 1. The summed E-state index contributed by atoms with van der Waals surface area (Å²) in [5, 5.41) is -0.130. The lowest BCUT2D eigenvalue weighted by Crippen LogP contribution is -2.18. The molecule has 0 amide bonds. The van der Waals surface area contributed by atoms with Crippen LogP contribution in [-0.2, 0) is 21.2 Å². The monoisotopic (exact) mass is 314 g/mol. The summed E-state index contributed by atoms with van der Waals surface area (Å²) < 4.78 is 5.26. The number of hydrogen-bond donors (Lipinski definition) is 0. The first kappa shape index (κ1) is 17.4. The standard InChI is InChI=1S/C16H23ClO2S/c1-12(2)8-9-19-16(18)13(3)20-11-15-6-4-14(10-17)5-7-15/h4-7,12-13H,8-11H2,1-3H3. The first-order valence-corrected chi connectivity index (χ1v) is 8.53. The van der Waals surface area contributed by atoms with E-state index in [9.17, 15) is 4.79 Å². The Kier molecular flexibility index (Phi) is 8.08. The minimum Gasteiger partial charge on any atom is -0.465 e. The van der Waals surface area contributed by atoms with Gasteiger partial charge in [0.1, 0.15) is 0 Å². The third kappa shape index (κ3) is 6.67. The fourth-order valence-electron chi connectivity index (χ4n) is 1.53. The SMILES string of the molecule is CC(C)CCOC(=O)C(C)SCc1ccc(CCl)cc1. The van der Waals surface area contributed by atoms with Crippen LogP contribution in [0.5, 0.6) is 0 Å². The Morgan fingerprint density at radius 2 is 1.80 bits per heavy atom. The number of thioether (sulfide) groups is 1. The molecule has 0 saturated carbocycles. The Hall–Kier alpha value is -0.670. The Balaban J connectivity index is 2.30. The largest absolute Gasteiger partial charge is 0.465 e. The number of carbonyl (C=O) groups is 1. The highest BCUT2D eigenvalue weighted by Crippen LogP contribution is 2.19. The number of ether oxygens (including phenoxy) is 1. The molecule has 1 atom stereocenters. The predicted molar refractivity (Wildman–Crippen MR) is 87.2 cm³/mol. The van der Waals surface area contributed by atoms with Gasteiger partial charge in [-0.2, -0.15) is 0 Å². The van der Waals surface area contributed by atoms with Crippen LogP contribution in [0.15, 0.2) is 24.3 Å². The van der Waals surface area contributed by atoms with Crippen molar-refractivity contribution < 1.29 is 9.53 Å². The van der Waals surface area contributed by atoms with Gasteiger partial charge in [0.2, 0.25) is 0 Å². The smallest absolute Gasteiger partial charge is 0.318 e. The number of esters is 1. The highest BCUT2D eigenvalue weighted by Gasteiger charge is 2.15. The highest BCUT2D eigenvalue weighted by atomic mass is 35.5. The molecular formula is C16H23ClO2S. The van der Waals surface area contributed by atoms with E-state index in [2.05, 4.69) is 26.0 Å². The summed E-state index contributed by atoms with van der Waals surface area (Å²) in [6.07, 6.45) is 0.920. The van der Waals surface area contributed by atoms with Crippen LogP contribution in [0.1, 0.15) is 38.3 Å². The maximum Gasteiger partial charge on any atom is 0.318 e. The second kappa shape index (κ2) is 9.30. The highest BCUT2D eigenvalue weighted by molar-refractivity contribution is 7.99. The van der Waals surface area contributed by atoms with E-state index < -0.39 is 0 Å². The second-order valence-electron chi connectivity index (χ2n) is 5.25. The lowest BCUT2D eigenvalue weighted by molar-refractivity contribution is -0.142. The average Bonchev–Trinajstić information content (AvgIpc) is 2.44. The topological polar surface area (TPSA) is 26.3 Å². The molecule has 20 heavy (non-hydrogen) atoms. The minimum atomic E-state index is -0.130. The molecule has 0 bridgehead atoms. The Labute approximate surface area is 131 Å². The lowest BCUT2D eigenvalue weighted by Gasteiger charge is -2.12. The van der Waals surface area contributed by atoms with Crippen LogP contribution in [-0.4, -0.2) is 17.8 Å². The zero-order valence-corrected chi connectivity index (χ0v) is 14.0. The molecule has 0 fully saturated rings. The summed E-state index contributed by atoms with van der Waals surface area (Å²) in [5.74, 6) is 1.79. The molecule has 0 saturated heterocycles. The number of carbonyl (C=O) groups excluding carboxylic acids is 1. The van der Waals surface area contributed by atoms with Gasteiger partial charge in [-0.3, -0.25) is 4.79 Å². The first-order chi connectivity index (χ1) is 9.52. The quantitative estimate of drug-likeness (QED) is 0.516. The number of hydrogen-bond acceptors (Lipinski definition) is 3.